The maximum Gasteiger partial charge on any atom is 1.00 e. The predicted octanol–water partition coefficient (Wildman–Crippen LogP) is 4.07. The Bertz CT molecular complexity index is 442. The van der Waals surface area contributed by atoms with Crippen molar-refractivity contribution in [3.63, 3.8) is 0 Å². The van der Waals surface area contributed by atoms with Crippen molar-refractivity contribution in [1.82, 2.24) is 0 Å². The Morgan fingerprint density at radius 3 is 1.14 bits per heavy atom. The molecule has 0 bridgehead atoms. The van der Waals surface area contributed by atoms with E-state index < -0.39 is 15.1 Å². The first-order chi connectivity index (χ1) is 13.4. The molecule has 6 heteroatoms. The number of hydrogen-bond donors (Lipinski definition) is 1. The van der Waals surface area contributed by atoms with Gasteiger partial charge in [-0.05, 0) is 19.3 Å². The van der Waals surface area contributed by atoms with Gasteiger partial charge in [0.2, 0.25) is 0 Å². The van der Waals surface area contributed by atoms with Crippen LogP contribution in [0.2, 0.25) is 0 Å². The van der Waals surface area contributed by atoms with E-state index in [1.54, 1.807) is 6.92 Å². The summed E-state index contributed by atoms with van der Waals surface area (Å²) in [6, 6.07) is 0. The molecule has 0 amide bonds. The monoisotopic (exact) mass is 442 g/mol. The average molecular weight is 443 g/mol. The van der Waals surface area contributed by atoms with Gasteiger partial charge < -0.3 is 9.66 Å². The molecular weight excluding hydrogens is 395 g/mol. The Morgan fingerprint density at radius 1 is 0.621 bits per heavy atom. The van der Waals surface area contributed by atoms with E-state index in [0.29, 0.717) is 6.42 Å². The van der Waals surface area contributed by atoms with Crippen molar-refractivity contribution in [2.24, 2.45) is 0 Å². The van der Waals surface area contributed by atoms with Crippen LogP contribution in [0.15, 0.2) is 0 Å². The molecule has 0 aliphatic rings. The minimum Gasteiger partial charge on any atom is -0.746 e. The Balaban J connectivity index is 0. The Kier molecular flexibility index (Phi) is 22.9. The molecule has 170 valence electrons. The van der Waals surface area contributed by atoms with Gasteiger partial charge in [0.1, 0.15) is 10.1 Å². The van der Waals surface area contributed by atoms with Crippen LogP contribution in [0.25, 0.3) is 0 Å². The van der Waals surface area contributed by atoms with E-state index in [9.17, 15) is 18.1 Å². The molecule has 4 nitrogen and oxygen atoms in total. The van der Waals surface area contributed by atoms with Crippen molar-refractivity contribution >= 4 is 10.1 Å². The summed E-state index contributed by atoms with van der Waals surface area (Å²) in [5.41, 5.74) is 0. The molecular formula is C23H47NaO4S. The molecule has 1 N–H and O–H groups in total. The van der Waals surface area contributed by atoms with Crippen LogP contribution in [0.1, 0.15) is 142 Å². The fraction of sp³-hybridized carbons (Fsp3) is 1.00. The smallest absolute Gasteiger partial charge is 0.746 e. The van der Waals surface area contributed by atoms with E-state index in [4.69, 9.17) is 0 Å². The van der Waals surface area contributed by atoms with Crippen LogP contribution in [-0.2, 0) is 10.1 Å². The third-order valence-electron chi connectivity index (χ3n) is 5.94. The Morgan fingerprint density at radius 2 is 0.897 bits per heavy atom. The van der Waals surface area contributed by atoms with Gasteiger partial charge in [0.15, 0.2) is 4.93 Å². The van der Waals surface area contributed by atoms with E-state index in [1.807, 2.05) is 0 Å². The summed E-state index contributed by atoms with van der Waals surface area (Å²) in [4.78, 5) is -2.07. The summed E-state index contributed by atoms with van der Waals surface area (Å²) in [7, 11) is -4.63. The molecule has 29 heavy (non-hydrogen) atoms. The van der Waals surface area contributed by atoms with Gasteiger partial charge in [-0.2, -0.15) is 0 Å². The second-order valence-corrected chi connectivity index (χ2v) is 10.2. The molecule has 0 rings (SSSR count). The van der Waals surface area contributed by atoms with Gasteiger partial charge in [0, 0.05) is 0 Å². The van der Waals surface area contributed by atoms with Gasteiger partial charge in [-0.15, -0.1) is 0 Å². The van der Waals surface area contributed by atoms with E-state index in [0.717, 1.165) is 19.3 Å². The molecule has 0 aliphatic heterocycles. The molecule has 0 fully saturated rings. The summed E-state index contributed by atoms with van der Waals surface area (Å²) in [6.45, 7) is 3.81. The molecule has 0 saturated heterocycles. The maximum atomic E-state index is 11.1. The topological polar surface area (TPSA) is 77.4 Å². The SMILES string of the molecule is CCCCCCCCCCCCCCCCCCCCC(O)(CC)S(=O)(=O)[O-].[Na+]. The third kappa shape index (κ3) is 18.2. The van der Waals surface area contributed by atoms with Gasteiger partial charge >= 0.3 is 29.6 Å². The molecule has 0 radical (unpaired) electrons. The zero-order valence-corrected chi connectivity index (χ0v) is 22.5. The standard InChI is InChI=1S/C23H48O4S.Na/c1-3-5-6-7-8-9-10-11-12-13-14-15-16-17-18-19-20-21-22-23(24,4-2)28(25,26)27;/h24H,3-22H2,1-2H3,(H,25,26,27);/q;+1/p-1. The largest absolute Gasteiger partial charge is 1.00 e. The van der Waals surface area contributed by atoms with Crippen LogP contribution >= 0.6 is 0 Å². The normalized spacial score (nSPS) is 13.8. The molecule has 0 aromatic heterocycles. The summed E-state index contributed by atoms with van der Waals surface area (Å²) in [5.74, 6) is 0. The van der Waals surface area contributed by atoms with Gasteiger partial charge in [0.05, 0.1) is 0 Å². The molecule has 1 unspecified atom stereocenters. The minimum absolute atomic E-state index is 0. The van der Waals surface area contributed by atoms with Gasteiger partial charge in [-0.3, -0.25) is 0 Å². The van der Waals surface area contributed by atoms with E-state index in [1.165, 1.54) is 89.9 Å². The fourth-order valence-corrected chi connectivity index (χ4v) is 4.53. The molecule has 0 spiro atoms. The number of hydrogen-bond acceptors (Lipinski definition) is 4. The second-order valence-electron chi connectivity index (χ2n) is 8.51. The Labute approximate surface area is 204 Å². The van der Waals surface area contributed by atoms with Crippen molar-refractivity contribution in [1.29, 1.82) is 0 Å². The predicted molar refractivity (Wildman–Crippen MR) is 118 cm³/mol. The minimum atomic E-state index is -4.63. The van der Waals surface area contributed by atoms with Crippen molar-refractivity contribution in [3.8, 4) is 0 Å². The summed E-state index contributed by atoms with van der Waals surface area (Å²) < 4.78 is 33.3. The molecule has 0 saturated carbocycles. The molecule has 0 aliphatic carbocycles. The van der Waals surface area contributed by atoms with Crippen molar-refractivity contribution in [3.05, 3.63) is 0 Å². The first-order valence-electron chi connectivity index (χ1n) is 12.0. The van der Waals surface area contributed by atoms with Gasteiger partial charge in [-0.1, -0.05) is 123 Å². The second kappa shape index (κ2) is 20.8. The van der Waals surface area contributed by atoms with Gasteiger partial charge in [-0.25, -0.2) is 8.42 Å². The van der Waals surface area contributed by atoms with Gasteiger partial charge in [0.25, 0.3) is 0 Å². The van der Waals surface area contributed by atoms with Crippen LogP contribution < -0.4 is 29.6 Å². The number of unbranched alkanes of at least 4 members (excludes halogenated alkanes) is 17. The number of aliphatic hydroxyl groups is 1. The molecule has 0 aromatic rings. The van der Waals surface area contributed by atoms with Crippen LogP contribution in [0.4, 0.5) is 0 Å². The average Bonchev–Trinajstić information content (AvgIpc) is 2.66. The van der Waals surface area contributed by atoms with E-state index in [2.05, 4.69) is 6.92 Å². The first-order valence-corrected chi connectivity index (χ1v) is 13.5. The zero-order chi connectivity index (χ0) is 21.1. The zero-order valence-electron chi connectivity index (χ0n) is 19.7. The van der Waals surface area contributed by atoms with Crippen LogP contribution in [0, 0.1) is 0 Å². The first kappa shape index (κ1) is 32.1. The molecule has 0 aromatic carbocycles. The van der Waals surface area contributed by atoms with Crippen LogP contribution in [-0.4, -0.2) is 23.0 Å². The van der Waals surface area contributed by atoms with Crippen LogP contribution in [0.3, 0.4) is 0 Å². The van der Waals surface area contributed by atoms with Crippen molar-refractivity contribution < 1.29 is 47.6 Å². The van der Waals surface area contributed by atoms with E-state index in [-0.39, 0.29) is 42.4 Å². The van der Waals surface area contributed by atoms with Crippen molar-refractivity contribution in [2.75, 3.05) is 0 Å². The quantitative estimate of drug-likeness (QED) is 0.165. The summed E-state index contributed by atoms with van der Waals surface area (Å²) in [5, 5.41) is 9.89. The van der Waals surface area contributed by atoms with Crippen LogP contribution in [0.5, 0.6) is 0 Å². The third-order valence-corrected chi connectivity index (χ3v) is 7.36. The molecule has 0 heterocycles. The Hall–Kier alpha value is 0.870. The van der Waals surface area contributed by atoms with Crippen molar-refractivity contribution in [2.45, 2.75) is 147 Å². The maximum absolute atomic E-state index is 11.1. The van der Waals surface area contributed by atoms with E-state index >= 15 is 0 Å². The number of rotatable bonds is 21. The summed E-state index contributed by atoms with van der Waals surface area (Å²) in [6.07, 6.45) is 22.9. The fourth-order valence-electron chi connectivity index (χ4n) is 3.78. The summed E-state index contributed by atoms with van der Waals surface area (Å²) >= 11 is 0. The molecule has 1 atom stereocenters.